The smallest absolute Gasteiger partial charge is 0.326 e. The topological polar surface area (TPSA) is 109 Å². The Hall–Kier alpha value is -2.37. The van der Waals surface area contributed by atoms with Gasteiger partial charge in [-0.15, -0.1) is 0 Å². The maximum absolute atomic E-state index is 12.1. The number of carbonyl (C=O) groups is 3. The summed E-state index contributed by atoms with van der Waals surface area (Å²) < 4.78 is 0. The first-order valence-corrected chi connectivity index (χ1v) is 6.32. The molecule has 0 aromatic heterocycles. The molecule has 0 heterocycles. The van der Waals surface area contributed by atoms with Gasteiger partial charge in [0.2, 0.25) is 11.8 Å². The summed E-state index contributed by atoms with van der Waals surface area (Å²) in [5.74, 6) is -2.93. The molecule has 1 rings (SSSR count). The van der Waals surface area contributed by atoms with Gasteiger partial charge in [0, 0.05) is 0 Å². The third kappa shape index (κ3) is 4.38. The van der Waals surface area contributed by atoms with Crippen LogP contribution in [0.1, 0.15) is 31.2 Å². The molecule has 6 nitrogen and oxygen atoms in total. The van der Waals surface area contributed by atoms with Crippen molar-refractivity contribution in [3.05, 3.63) is 35.9 Å². The number of rotatable bonds is 7. The molecule has 0 saturated carbocycles. The van der Waals surface area contributed by atoms with Gasteiger partial charge in [-0.25, -0.2) is 4.79 Å². The number of carbonyl (C=O) groups excluding carboxylic acids is 2. The van der Waals surface area contributed by atoms with Crippen molar-refractivity contribution >= 4 is 17.8 Å². The second-order valence-electron chi connectivity index (χ2n) is 4.44. The second-order valence-corrected chi connectivity index (χ2v) is 4.44. The predicted molar refractivity (Wildman–Crippen MR) is 72.9 cm³/mol. The monoisotopic (exact) mass is 278 g/mol. The van der Waals surface area contributed by atoms with Crippen molar-refractivity contribution in [3.8, 4) is 0 Å². The summed E-state index contributed by atoms with van der Waals surface area (Å²) in [4.78, 5) is 34.0. The van der Waals surface area contributed by atoms with Gasteiger partial charge < -0.3 is 16.2 Å². The average Bonchev–Trinajstić information content (AvgIpc) is 2.39. The van der Waals surface area contributed by atoms with Crippen molar-refractivity contribution in [2.75, 3.05) is 0 Å². The Kier molecular flexibility index (Phi) is 5.71. The molecule has 2 atom stereocenters. The first kappa shape index (κ1) is 15.7. The summed E-state index contributed by atoms with van der Waals surface area (Å²) >= 11 is 0. The van der Waals surface area contributed by atoms with Gasteiger partial charge in [-0.05, 0) is 12.0 Å². The van der Waals surface area contributed by atoms with Gasteiger partial charge in [0.05, 0.1) is 12.3 Å². The number of nitrogens with two attached hydrogens (primary N) is 1. The van der Waals surface area contributed by atoms with Crippen LogP contribution in [0.3, 0.4) is 0 Å². The number of aliphatic carboxylic acids is 1. The standard InChI is InChI=1S/C14H18N2O4/c1-2-10(9-6-4-3-5-7-9)13(18)16-11(14(19)20)8-12(15)17/h3-7,10-11H,2,8H2,1H3,(H2,15,17)(H,16,18)(H,19,20)/t10?,11-/m0/s1. The third-order valence-electron chi connectivity index (χ3n) is 2.95. The highest BCUT2D eigenvalue weighted by Crippen LogP contribution is 2.19. The van der Waals surface area contributed by atoms with Gasteiger partial charge in [-0.1, -0.05) is 37.3 Å². The summed E-state index contributed by atoms with van der Waals surface area (Å²) in [5, 5.41) is 11.3. The van der Waals surface area contributed by atoms with Crippen LogP contribution in [0, 0.1) is 0 Å². The van der Waals surface area contributed by atoms with E-state index in [0.717, 1.165) is 5.56 Å². The molecular weight excluding hydrogens is 260 g/mol. The van der Waals surface area contributed by atoms with Crippen LogP contribution in [0.25, 0.3) is 0 Å². The SMILES string of the molecule is CCC(C(=O)N[C@@H](CC(N)=O)C(=O)O)c1ccccc1. The maximum atomic E-state index is 12.1. The van der Waals surface area contributed by atoms with Crippen LogP contribution in [-0.4, -0.2) is 28.9 Å². The van der Waals surface area contributed by atoms with E-state index in [4.69, 9.17) is 10.8 Å². The lowest BCUT2D eigenvalue weighted by Crippen LogP contribution is -2.45. The van der Waals surface area contributed by atoms with Crippen molar-refractivity contribution in [2.24, 2.45) is 5.73 Å². The van der Waals surface area contributed by atoms with E-state index in [0.29, 0.717) is 6.42 Å². The van der Waals surface area contributed by atoms with Crippen LogP contribution in [-0.2, 0) is 14.4 Å². The third-order valence-corrected chi connectivity index (χ3v) is 2.95. The highest BCUT2D eigenvalue weighted by Gasteiger charge is 2.26. The summed E-state index contributed by atoms with van der Waals surface area (Å²) in [6.45, 7) is 1.83. The molecule has 0 radical (unpaired) electrons. The molecule has 0 fully saturated rings. The number of nitrogens with one attached hydrogen (secondary N) is 1. The molecule has 0 aliphatic heterocycles. The van der Waals surface area contributed by atoms with E-state index in [1.807, 2.05) is 25.1 Å². The number of primary amides is 1. The van der Waals surface area contributed by atoms with Gasteiger partial charge in [-0.2, -0.15) is 0 Å². The van der Waals surface area contributed by atoms with Crippen LogP contribution in [0.4, 0.5) is 0 Å². The molecule has 1 unspecified atom stereocenters. The fourth-order valence-corrected chi connectivity index (χ4v) is 1.93. The quantitative estimate of drug-likeness (QED) is 0.679. The number of benzene rings is 1. The van der Waals surface area contributed by atoms with Crippen molar-refractivity contribution in [1.29, 1.82) is 0 Å². The molecule has 4 N–H and O–H groups in total. The first-order valence-electron chi connectivity index (χ1n) is 6.32. The Bertz CT molecular complexity index is 487. The predicted octanol–water partition coefficient (Wildman–Crippen LogP) is 0.625. The Balaban J connectivity index is 2.81. The maximum Gasteiger partial charge on any atom is 0.326 e. The van der Waals surface area contributed by atoms with Crippen molar-refractivity contribution in [1.82, 2.24) is 5.32 Å². The minimum Gasteiger partial charge on any atom is -0.480 e. The molecule has 1 aromatic rings. The van der Waals surface area contributed by atoms with E-state index in [1.165, 1.54) is 0 Å². The molecule has 6 heteroatoms. The van der Waals surface area contributed by atoms with Gasteiger partial charge >= 0.3 is 5.97 Å². The molecule has 0 saturated heterocycles. The largest absolute Gasteiger partial charge is 0.480 e. The van der Waals surface area contributed by atoms with E-state index in [9.17, 15) is 14.4 Å². The number of carboxylic acids is 1. The number of amides is 2. The lowest BCUT2D eigenvalue weighted by molar-refractivity contribution is -0.143. The molecule has 108 valence electrons. The van der Waals surface area contributed by atoms with Crippen molar-refractivity contribution < 1.29 is 19.5 Å². The summed E-state index contributed by atoms with van der Waals surface area (Å²) in [6.07, 6.45) is 0.102. The average molecular weight is 278 g/mol. The number of carboxylic acid groups (broad SMARTS) is 1. The minimum absolute atomic E-state index is 0.424. The van der Waals surface area contributed by atoms with Crippen molar-refractivity contribution in [2.45, 2.75) is 31.7 Å². The van der Waals surface area contributed by atoms with E-state index in [2.05, 4.69) is 5.32 Å². The van der Waals surface area contributed by atoms with Crippen LogP contribution in [0.2, 0.25) is 0 Å². The Labute approximate surface area is 117 Å². The molecular formula is C14H18N2O4. The lowest BCUT2D eigenvalue weighted by atomic mass is 9.95. The van der Waals surface area contributed by atoms with E-state index in [-0.39, 0.29) is 0 Å². The zero-order chi connectivity index (χ0) is 15.1. The number of hydrogen-bond donors (Lipinski definition) is 3. The lowest BCUT2D eigenvalue weighted by Gasteiger charge is -2.19. The zero-order valence-corrected chi connectivity index (χ0v) is 11.2. The Morgan fingerprint density at radius 2 is 1.85 bits per heavy atom. The zero-order valence-electron chi connectivity index (χ0n) is 11.2. The van der Waals surface area contributed by atoms with Gasteiger partial charge in [0.15, 0.2) is 0 Å². The van der Waals surface area contributed by atoms with E-state index in [1.54, 1.807) is 12.1 Å². The highest BCUT2D eigenvalue weighted by molar-refractivity contribution is 5.90. The van der Waals surface area contributed by atoms with Crippen LogP contribution >= 0.6 is 0 Å². The Morgan fingerprint density at radius 1 is 1.25 bits per heavy atom. The normalized spacial score (nSPS) is 13.2. The van der Waals surface area contributed by atoms with E-state index >= 15 is 0 Å². The second kappa shape index (κ2) is 7.28. The molecule has 0 bridgehead atoms. The van der Waals surface area contributed by atoms with E-state index < -0.39 is 36.2 Å². The summed E-state index contributed by atoms with van der Waals surface area (Å²) in [5.41, 5.74) is 5.77. The fraction of sp³-hybridized carbons (Fsp3) is 0.357. The highest BCUT2D eigenvalue weighted by atomic mass is 16.4. The first-order chi connectivity index (χ1) is 9.45. The van der Waals surface area contributed by atoms with Gasteiger partial charge in [-0.3, -0.25) is 9.59 Å². The molecule has 0 aliphatic rings. The molecule has 1 aromatic carbocycles. The molecule has 20 heavy (non-hydrogen) atoms. The molecule has 2 amide bonds. The molecule has 0 aliphatic carbocycles. The molecule has 0 spiro atoms. The van der Waals surface area contributed by atoms with Crippen LogP contribution in [0.5, 0.6) is 0 Å². The van der Waals surface area contributed by atoms with Crippen molar-refractivity contribution in [3.63, 3.8) is 0 Å². The number of hydrogen-bond acceptors (Lipinski definition) is 3. The minimum atomic E-state index is -1.29. The summed E-state index contributed by atoms with van der Waals surface area (Å²) in [6, 6.07) is 7.76. The van der Waals surface area contributed by atoms with Crippen LogP contribution in [0.15, 0.2) is 30.3 Å². The Morgan fingerprint density at radius 3 is 2.30 bits per heavy atom. The summed E-state index contributed by atoms with van der Waals surface area (Å²) in [7, 11) is 0. The van der Waals surface area contributed by atoms with Gasteiger partial charge in [0.1, 0.15) is 6.04 Å². The van der Waals surface area contributed by atoms with Crippen LogP contribution < -0.4 is 11.1 Å². The fourth-order valence-electron chi connectivity index (χ4n) is 1.93. The van der Waals surface area contributed by atoms with Gasteiger partial charge in [0.25, 0.3) is 0 Å².